The second kappa shape index (κ2) is 9.20. The largest absolute Gasteiger partial charge is 0.480 e. The third-order valence-corrected chi connectivity index (χ3v) is 6.06. The van der Waals surface area contributed by atoms with Gasteiger partial charge in [0, 0.05) is 37.0 Å². The van der Waals surface area contributed by atoms with Crippen molar-refractivity contribution in [1.29, 1.82) is 0 Å². The van der Waals surface area contributed by atoms with Crippen LogP contribution < -0.4 is 10.1 Å². The molecule has 186 valence electrons. The monoisotopic (exact) mass is 480 g/mol. The lowest BCUT2D eigenvalue weighted by atomic mass is 9.88. The van der Waals surface area contributed by atoms with Crippen LogP contribution in [0.4, 0.5) is 10.5 Å². The van der Waals surface area contributed by atoms with Crippen LogP contribution >= 0.6 is 0 Å². The van der Waals surface area contributed by atoms with E-state index in [1.165, 1.54) is 0 Å². The van der Waals surface area contributed by atoms with Gasteiger partial charge >= 0.3 is 6.09 Å². The summed E-state index contributed by atoms with van der Waals surface area (Å²) in [4.78, 5) is 46.2. The Morgan fingerprint density at radius 2 is 1.83 bits per heavy atom. The molecule has 0 saturated carbocycles. The summed E-state index contributed by atoms with van der Waals surface area (Å²) in [5.74, 6) is -0.181. The number of aromatic nitrogens is 1. The van der Waals surface area contributed by atoms with Crippen molar-refractivity contribution < 1.29 is 23.9 Å². The molecule has 0 radical (unpaired) electrons. The predicted molar refractivity (Wildman–Crippen MR) is 131 cm³/mol. The number of hydrogen-bond donors (Lipinski definition) is 1. The molecule has 0 aliphatic carbocycles. The third kappa shape index (κ3) is 5.23. The number of carbonyl (C=O) groups excluding carboxylic acids is 3. The summed E-state index contributed by atoms with van der Waals surface area (Å²) in [5.41, 5.74) is -0.0799. The fourth-order valence-electron chi connectivity index (χ4n) is 4.28. The minimum atomic E-state index is -0.697. The third-order valence-electron chi connectivity index (χ3n) is 6.06. The zero-order valence-electron chi connectivity index (χ0n) is 20.8. The smallest absolute Gasteiger partial charge is 0.410 e. The van der Waals surface area contributed by atoms with Gasteiger partial charge in [-0.15, -0.1) is 0 Å². The van der Waals surface area contributed by atoms with Crippen molar-refractivity contribution in [3.05, 3.63) is 53.9 Å². The van der Waals surface area contributed by atoms with Crippen LogP contribution in [-0.4, -0.2) is 69.6 Å². The van der Waals surface area contributed by atoms with Crippen LogP contribution in [0.25, 0.3) is 0 Å². The number of nitrogens with zero attached hydrogens (tertiary/aromatic N) is 3. The summed E-state index contributed by atoms with van der Waals surface area (Å²) >= 11 is 0. The van der Waals surface area contributed by atoms with Gasteiger partial charge in [0.15, 0.2) is 5.75 Å². The fraction of sp³-hybridized carbons (Fsp3) is 0.462. The molecule has 0 unspecified atom stereocenters. The van der Waals surface area contributed by atoms with Crippen molar-refractivity contribution in [3.63, 3.8) is 0 Å². The van der Waals surface area contributed by atoms with E-state index in [0.29, 0.717) is 48.6 Å². The maximum absolute atomic E-state index is 13.4. The molecule has 1 saturated heterocycles. The maximum Gasteiger partial charge on any atom is 0.410 e. The molecule has 9 nitrogen and oxygen atoms in total. The minimum absolute atomic E-state index is 0.0254. The van der Waals surface area contributed by atoms with E-state index in [1.54, 1.807) is 52.5 Å². The van der Waals surface area contributed by atoms with Gasteiger partial charge in [0.1, 0.15) is 11.2 Å². The lowest BCUT2D eigenvalue weighted by Gasteiger charge is -2.51. The number of amides is 3. The summed E-state index contributed by atoms with van der Waals surface area (Å²) in [5, 5.41) is 2.88. The van der Waals surface area contributed by atoms with Gasteiger partial charge < -0.3 is 24.6 Å². The second-order valence-corrected chi connectivity index (χ2v) is 10.3. The van der Waals surface area contributed by atoms with Crippen LogP contribution in [0.5, 0.6) is 5.75 Å². The zero-order chi connectivity index (χ0) is 25.4. The Kier molecular flexibility index (Phi) is 6.44. The number of pyridine rings is 1. The molecule has 3 amide bonds. The predicted octanol–water partition coefficient (Wildman–Crippen LogP) is 3.96. The first-order valence-electron chi connectivity index (χ1n) is 11.8. The summed E-state index contributed by atoms with van der Waals surface area (Å²) < 4.78 is 12.0. The minimum Gasteiger partial charge on any atom is -0.480 e. The van der Waals surface area contributed by atoms with Crippen molar-refractivity contribution in [3.8, 4) is 5.75 Å². The number of benzene rings is 1. The summed E-state index contributed by atoms with van der Waals surface area (Å²) in [7, 11) is 0. The van der Waals surface area contributed by atoms with E-state index in [-0.39, 0.29) is 17.9 Å². The average Bonchev–Trinajstić information content (AvgIpc) is 2.75. The summed E-state index contributed by atoms with van der Waals surface area (Å²) in [6.45, 7) is 10.6. The first kappa shape index (κ1) is 24.5. The van der Waals surface area contributed by atoms with Crippen molar-refractivity contribution in [2.45, 2.75) is 58.3 Å². The van der Waals surface area contributed by atoms with Crippen molar-refractivity contribution in [1.82, 2.24) is 14.8 Å². The van der Waals surface area contributed by atoms with E-state index in [4.69, 9.17) is 9.47 Å². The van der Waals surface area contributed by atoms with E-state index in [9.17, 15) is 14.4 Å². The zero-order valence-corrected chi connectivity index (χ0v) is 20.8. The number of rotatable bonds is 3. The molecule has 1 fully saturated rings. The lowest BCUT2D eigenvalue weighted by Crippen LogP contribution is -2.68. The molecule has 3 heterocycles. The molecule has 2 aromatic rings. The van der Waals surface area contributed by atoms with Gasteiger partial charge in [0.2, 0.25) is 0 Å². The standard InChI is InChI=1S/C26H32N4O5/c1-17(2)30-14-11-26(15-29(16-26)24(33)35-25(3,4)5)34-21-19(23(30)32)7-6-8-20(21)28-22(31)18-9-12-27-13-10-18/h6-10,12-13,17H,11,14-16H2,1-5H3,(H,28,31). The molecule has 1 spiro atoms. The number of fused-ring (bicyclic) bond motifs is 1. The van der Waals surface area contributed by atoms with Gasteiger partial charge in [-0.05, 0) is 58.9 Å². The van der Waals surface area contributed by atoms with Gasteiger partial charge in [0.05, 0.1) is 24.3 Å². The van der Waals surface area contributed by atoms with Crippen LogP contribution in [0.1, 0.15) is 61.8 Å². The van der Waals surface area contributed by atoms with E-state index < -0.39 is 17.3 Å². The Morgan fingerprint density at radius 1 is 1.14 bits per heavy atom. The maximum atomic E-state index is 13.4. The van der Waals surface area contributed by atoms with Crippen molar-refractivity contribution in [2.75, 3.05) is 25.0 Å². The number of ether oxygens (including phenoxy) is 2. The van der Waals surface area contributed by atoms with E-state index in [2.05, 4.69) is 10.3 Å². The molecule has 1 aromatic heterocycles. The molecular formula is C26H32N4O5. The molecule has 4 rings (SSSR count). The number of hydrogen-bond acceptors (Lipinski definition) is 6. The Balaban J connectivity index is 1.66. The number of likely N-dealkylation sites (tertiary alicyclic amines) is 1. The normalized spacial score (nSPS) is 17.1. The van der Waals surface area contributed by atoms with Gasteiger partial charge in [0.25, 0.3) is 11.8 Å². The highest BCUT2D eigenvalue weighted by molar-refractivity contribution is 6.07. The van der Waals surface area contributed by atoms with E-state index in [1.807, 2.05) is 34.6 Å². The van der Waals surface area contributed by atoms with Crippen LogP contribution in [0.3, 0.4) is 0 Å². The van der Waals surface area contributed by atoms with Crippen molar-refractivity contribution >= 4 is 23.6 Å². The van der Waals surface area contributed by atoms with Crippen LogP contribution in [-0.2, 0) is 4.74 Å². The molecule has 1 N–H and O–H groups in total. The topological polar surface area (TPSA) is 101 Å². The second-order valence-electron chi connectivity index (χ2n) is 10.3. The highest BCUT2D eigenvalue weighted by atomic mass is 16.6. The van der Waals surface area contributed by atoms with Crippen LogP contribution in [0, 0.1) is 0 Å². The fourth-order valence-corrected chi connectivity index (χ4v) is 4.28. The molecule has 35 heavy (non-hydrogen) atoms. The first-order chi connectivity index (χ1) is 16.5. The average molecular weight is 481 g/mol. The van der Waals surface area contributed by atoms with E-state index >= 15 is 0 Å². The Hall–Kier alpha value is -3.62. The van der Waals surface area contributed by atoms with Gasteiger partial charge in [-0.1, -0.05) is 6.07 Å². The Morgan fingerprint density at radius 3 is 2.46 bits per heavy atom. The van der Waals surface area contributed by atoms with Crippen molar-refractivity contribution in [2.24, 2.45) is 0 Å². The molecule has 2 aliphatic rings. The van der Waals surface area contributed by atoms with Gasteiger partial charge in [-0.2, -0.15) is 0 Å². The van der Waals surface area contributed by atoms with E-state index in [0.717, 1.165) is 0 Å². The highest BCUT2D eigenvalue weighted by Gasteiger charge is 2.50. The van der Waals surface area contributed by atoms with Crippen LogP contribution in [0.15, 0.2) is 42.7 Å². The lowest BCUT2D eigenvalue weighted by molar-refractivity contribution is -0.0902. The molecule has 0 bridgehead atoms. The van der Waals surface area contributed by atoms with Gasteiger partial charge in [-0.3, -0.25) is 14.6 Å². The molecule has 1 aromatic carbocycles. The Labute approximate surface area is 205 Å². The molecular weight excluding hydrogens is 448 g/mol. The number of para-hydroxylation sites is 1. The quantitative estimate of drug-likeness (QED) is 0.714. The SMILES string of the molecule is CC(C)N1CCC2(CN(C(=O)OC(C)(C)C)C2)Oc2c(NC(=O)c3ccncc3)cccc2C1=O. The number of anilines is 1. The summed E-state index contributed by atoms with van der Waals surface area (Å²) in [6.07, 6.45) is 3.23. The number of nitrogens with one attached hydrogen (secondary N) is 1. The van der Waals surface area contributed by atoms with Crippen LogP contribution in [0.2, 0.25) is 0 Å². The molecule has 9 heteroatoms. The Bertz CT molecular complexity index is 1120. The molecule has 2 aliphatic heterocycles. The van der Waals surface area contributed by atoms with Gasteiger partial charge in [-0.25, -0.2) is 4.79 Å². The first-order valence-corrected chi connectivity index (χ1v) is 11.8. The highest BCUT2D eigenvalue weighted by Crippen LogP contribution is 2.40. The molecule has 0 atom stereocenters. The summed E-state index contributed by atoms with van der Waals surface area (Å²) in [6, 6.07) is 8.34. The number of carbonyl (C=O) groups is 3.